The van der Waals surface area contributed by atoms with Crippen molar-refractivity contribution >= 4 is 0 Å². The Labute approximate surface area is 119 Å². The van der Waals surface area contributed by atoms with E-state index in [0.29, 0.717) is 17.5 Å². The Balaban J connectivity index is 2.86. The third-order valence-corrected chi connectivity index (χ3v) is 3.56. The average molecular weight is 272 g/mol. The third-order valence-electron chi connectivity index (χ3n) is 3.56. The second-order valence-corrected chi connectivity index (χ2v) is 5.19. The molecule has 0 radical (unpaired) electrons. The van der Waals surface area contributed by atoms with Crippen molar-refractivity contribution in [2.45, 2.75) is 33.1 Å². The average Bonchev–Trinajstić information content (AvgIpc) is 2.44. The molecule has 0 aromatic heterocycles. The van der Waals surface area contributed by atoms with Gasteiger partial charge in [-0.05, 0) is 23.5 Å². The van der Waals surface area contributed by atoms with E-state index in [1.165, 1.54) is 0 Å². The number of phenols is 3. The fourth-order valence-corrected chi connectivity index (χ4v) is 2.68. The van der Waals surface area contributed by atoms with E-state index in [9.17, 15) is 15.3 Å². The van der Waals surface area contributed by atoms with Gasteiger partial charge in [0.05, 0.1) is 0 Å². The molecule has 3 N–H and O–H groups in total. The molecule has 0 heterocycles. The van der Waals surface area contributed by atoms with E-state index in [2.05, 4.69) is 0 Å². The summed E-state index contributed by atoms with van der Waals surface area (Å²) in [5, 5.41) is 30.4. The summed E-state index contributed by atoms with van der Waals surface area (Å²) in [5.74, 6) is -0.854. The van der Waals surface area contributed by atoms with Gasteiger partial charge in [0.1, 0.15) is 0 Å². The molecule has 0 aliphatic rings. The van der Waals surface area contributed by atoms with E-state index in [0.717, 1.165) is 11.1 Å². The van der Waals surface area contributed by atoms with Crippen LogP contribution < -0.4 is 0 Å². The second kappa shape index (κ2) is 5.45. The minimum atomic E-state index is -0.440. The predicted molar refractivity (Wildman–Crippen MR) is 80.3 cm³/mol. The molecule has 20 heavy (non-hydrogen) atoms. The van der Waals surface area contributed by atoms with Gasteiger partial charge in [0.25, 0.3) is 0 Å². The van der Waals surface area contributed by atoms with Crippen molar-refractivity contribution in [3.8, 4) is 28.4 Å². The van der Waals surface area contributed by atoms with Gasteiger partial charge in [-0.3, -0.25) is 0 Å². The molecule has 0 fully saturated rings. The minimum absolute atomic E-state index is 0.0545. The molecule has 3 heteroatoms. The van der Waals surface area contributed by atoms with Crippen molar-refractivity contribution in [1.29, 1.82) is 0 Å². The van der Waals surface area contributed by atoms with Gasteiger partial charge in [-0.1, -0.05) is 51.1 Å². The first-order chi connectivity index (χ1) is 9.49. The molecule has 106 valence electrons. The van der Waals surface area contributed by atoms with Crippen molar-refractivity contribution in [3.05, 3.63) is 41.5 Å². The zero-order valence-corrected chi connectivity index (χ0v) is 12.0. The third kappa shape index (κ3) is 2.20. The first-order valence-corrected chi connectivity index (χ1v) is 6.84. The summed E-state index contributed by atoms with van der Waals surface area (Å²) in [4.78, 5) is 0. The highest BCUT2D eigenvalue weighted by Gasteiger charge is 2.24. The van der Waals surface area contributed by atoms with Crippen LogP contribution in [0.15, 0.2) is 30.3 Å². The lowest BCUT2D eigenvalue weighted by molar-refractivity contribution is 0.364. The van der Waals surface area contributed by atoms with Crippen LogP contribution in [0.3, 0.4) is 0 Å². The number of phenolic OH excluding ortho intramolecular Hbond substituents is 3. The van der Waals surface area contributed by atoms with Gasteiger partial charge in [-0.25, -0.2) is 0 Å². The van der Waals surface area contributed by atoms with Crippen molar-refractivity contribution in [3.63, 3.8) is 0 Å². The van der Waals surface area contributed by atoms with Crippen LogP contribution >= 0.6 is 0 Å². The molecule has 0 bridgehead atoms. The zero-order chi connectivity index (χ0) is 14.9. The molecule has 2 aromatic rings. The first kappa shape index (κ1) is 14.3. The van der Waals surface area contributed by atoms with Gasteiger partial charge in [0.2, 0.25) is 5.75 Å². The maximum Gasteiger partial charge on any atom is 0.201 e. The molecule has 0 spiro atoms. The molecule has 0 aliphatic carbocycles. The summed E-state index contributed by atoms with van der Waals surface area (Å²) in [6, 6.07) is 9.43. The number of hydrogen-bond donors (Lipinski definition) is 3. The molecule has 0 aliphatic heterocycles. The van der Waals surface area contributed by atoms with Gasteiger partial charge >= 0.3 is 0 Å². The van der Waals surface area contributed by atoms with Gasteiger partial charge in [0, 0.05) is 11.1 Å². The molecule has 2 rings (SSSR count). The van der Waals surface area contributed by atoms with Gasteiger partial charge in [-0.2, -0.15) is 0 Å². The van der Waals surface area contributed by atoms with E-state index >= 15 is 0 Å². The lowest BCUT2D eigenvalue weighted by Crippen LogP contribution is -2.00. The van der Waals surface area contributed by atoms with Crippen molar-refractivity contribution in [1.82, 2.24) is 0 Å². The van der Waals surface area contributed by atoms with Crippen molar-refractivity contribution in [2.24, 2.45) is 0 Å². The summed E-state index contributed by atoms with van der Waals surface area (Å²) in [6.45, 7) is 5.89. The Morgan fingerprint density at radius 3 is 2.00 bits per heavy atom. The number of aromatic hydroxyl groups is 3. The van der Waals surface area contributed by atoms with Crippen molar-refractivity contribution < 1.29 is 15.3 Å². The van der Waals surface area contributed by atoms with Crippen LogP contribution in [0.25, 0.3) is 11.1 Å². The van der Waals surface area contributed by atoms with Crippen LogP contribution in [0.1, 0.15) is 37.8 Å². The molecule has 0 saturated carbocycles. The van der Waals surface area contributed by atoms with Gasteiger partial charge < -0.3 is 15.3 Å². The van der Waals surface area contributed by atoms with Crippen LogP contribution in [0.5, 0.6) is 17.2 Å². The second-order valence-electron chi connectivity index (χ2n) is 5.19. The largest absolute Gasteiger partial charge is 0.504 e. The Bertz CT molecular complexity index is 616. The van der Waals surface area contributed by atoms with E-state index in [1.807, 2.05) is 51.1 Å². The van der Waals surface area contributed by atoms with Gasteiger partial charge in [-0.15, -0.1) is 0 Å². The molecule has 0 unspecified atom stereocenters. The van der Waals surface area contributed by atoms with E-state index in [1.54, 1.807) is 0 Å². The summed E-state index contributed by atoms with van der Waals surface area (Å²) < 4.78 is 0. The van der Waals surface area contributed by atoms with Crippen molar-refractivity contribution in [2.75, 3.05) is 0 Å². The normalized spacial score (nSPS) is 11.0. The highest BCUT2D eigenvalue weighted by Crippen LogP contribution is 2.49. The highest BCUT2D eigenvalue weighted by atomic mass is 16.3. The zero-order valence-electron chi connectivity index (χ0n) is 12.0. The van der Waals surface area contributed by atoms with Crippen LogP contribution in [-0.2, 0) is 6.42 Å². The monoisotopic (exact) mass is 272 g/mol. The molecule has 0 atom stereocenters. The Kier molecular flexibility index (Phi) is 3.89. The molecular weight excluding hydrogens is 252 g/mol. The smallest absolute Gasteiger partial charge is 0.201 e. The lowest BCUT2D eigenvalue weighted by atomic mass is 9.87. The quantitative estimate of drug-likeness (QED) is 0.735. The first-order valence-electron chi connectivity index (χ1n) is 6.84. The standard InChI is InChI=1S/C17H20O3/c1-4-12-13(10(2)3)15(18)17(20)16(19)14(12)11-8-6-5-7-9-11/h5-10,18-20H,4H2,1-3H3. The van der Waals surface area contributed by atoms with Crippen LogP contribution in [0.4, 0.5) is 0 Å². The lowest BCUT2D eigenvalue weighted by Gasteiger charge is -2.20. The molecule has 0 amide bonds. The highest BCUT2D eigenvalue weighted by molar-refractivity contribution is 5.81. The van der Waals surface area contributed by atoms with Crippen LogP contribution in [0.2, 0.25) is 0 Å². The Morgan fingerprint density at radius 1 is 0.900 bits per heavy atom. The predicted octanol–water partition coefficient (Wildman–Crippen LogP) is 4.16. The molecular formula is C17H20O3. The Hall–Kier alpha value is -2.16. The molecule has 3 nitrogen and oxygen atoms in total. The summed E-state index contributed by atoms with van der Waals surface area (Å²) in [7, 11) is 0. The summed E-state index contributed by atoms with van der Waals surface area (Å²) in [6.07, 6.45) is 0.666. The molecule has 2 aromatic carbocycles. The SMILES string of the molecule is CCc1c(-c2ccccc2)c(O)c(O)c(O)c1C(C)C. The Morgan fingerprint density at radius 2 is 1.50 bits per heavy atom. The molecule has 0 saturated heterocycles. The van der Waals surface area contributed by atoms with E-state index in [4.69, 9.17) is 0 Å². The number of hydrogen-bond acceptors (Lipinski definition) is 3. The van der Waals surface area contributed by atoms with Crippen LogP contribution in [-0.4, -0.2) is 15.3 Å². The summed E-state index contributed by atoms with van der Waals surface area (Å²) >= 11 is 0. The number of benzene rings is 2. The number of rotatable bonds is 3. The van der Waals surface area contributed by atoms with E-state index in [-0.39, 0.29) is 17.4 Å². The fourth-order valence-electron chi connectivity index (χ4n) is 2.68. The van der Waals surface area contributed by atoms with Crippen LogP contribution in [0, 0.1) is 0 Å². The summed E-state index contributed by atoms with van der Waals surface area (Å²) in [5.41, 5.74) is 3.01. The van der Waals surface area contributed by atoms with Gasteiger partial charge in [0.15, 0.2) is 11.5 Å². The minimum Gasteiger partial charge on any atom is -0.504 e. The maximum absolute atomic E-state index is 10.2. The maximum atomic E-state index is 10.2. The fraction of sp³-hybridized carbons (Fsp3) is 0.294. The van der Waals surface area contributed by atoms with E-state index < -0.39 is 5.75 Å². The topological polar surface area (TPSA) is 60.7 Å².